The summed E-state index contributed by atoms with van der Waals surface area (Å²) in [6.07, 6.45) is 2.86. The number of nitrogen functional groups attached to an aromatic ring is 1. The van der Waals surface area contributed by atoms with Gasteiger partial charge in [0.2, 0.25) is 5.03 Å². The summed E-state index contributed by atoms with van der Waals surface area (Å²) in [4.78, 5) is 3.81. The highest BCUT2D eigenvalue weighted by Crippen LogP contribution is 2.19. The van der Waals surface area contributed by atoms with E-state index in [1.807, 2.05) is 0 Å². The van der Waals surface area contributed by atoms with E-state index in [0.717, 1.165) is 0 Å². The number of aromatic nitrogens is 3. The molecule has 0 aliphatic rings. The maximum Gasteiger partial charge on any atom is 0.282 e. The number of nitrogens with two attached hydrogens (primary N) is 1. The number of sulfonamides is 1. The molecule has 0 fully saturated rings. The van der Waals surface area contributed by atoms with Gasteiger partial charge in [-0.3, -0.25) is 15.2 Å². The number of hydrogen-bond donors (Lipinski definition) is 3. The fourth-order valence-electron chi connectivity index (χ4n) is 1.37. The number of anilines is 2. The SMILES string of the molecule is Cn1nccc1NS(=O)(=O)c1ncccc1NN. The Morgan fingerprint density at radius 3 is 2.72 bits per heavy atom. The molecular formula is C9H12N6O2S. The van der Waals surface area contributed by atoms with E-state index < -0.39 is 10.0 Å². The van der Waals surface area contributed by atoms with E-state index in [2.05, 4.69) is 20.2 Å². The average molecular weight is 268 g/mol. The second-order valence-electron chi connectivity index (χ2n) is 3.45. The third kappa shape index (κ3) is 2.26. The van der Waals surface area contributed by atoms with E-state index in [0.29, 0.717) is 5.82 Å². The Labute approximate surface area is 104 Å². The van der Waals surface area contributed by atoms with Crippen LogP contribution in [-0.4, -0.2) is 23.2 Å². The number of hydrogen-bond acceptors (Lipinski definition) is 6. The Bertz CT molecular complexity index is 651. The number of rotatable bonds is 4. The molecule has 0 saturated carbocycles. The molecule has 18 heavy (non-hydrogen) atoms. The molecule has 4 N–H and O–H groups in total. The number of hydrazine groups is 1. The van der Waals surface area contributed by atoms with Gasteiger partial charge in [0.15, 0.2) is 0 Å². The van der Waals surface area contributed by atoms with Crippen LogP contribution in [-0.2, 0) is 17.1 Å². The Morgan fingerprint density at radius 2 is 2.11 bits per heavy atom. The van der Waals surface area contributed by atoms with E-state index in [-0.39, 0.29) is 10.7 Å². The summed E-state index contributed by atoms with van der Waals surface area (Å²) in [6.45, 7) is 0. The van der Waals surface area contributed by atoms with Gasteiger partial charge in [0.1, 0.15) is 5.82 Å². The summed E-state index contributed by atoms with van der Waals surface area (Å²) in [5.41, 5.74) is 2.51. The quantitative estimate of drug-likeness (QED) is 0.527. The molecule has 0 aliphatic carbocycles. The highest BCUT2D eigenvalue weighted by Gasteiger charge is 2.20. The Hall–Kier alpha value is -2.13. The predicted octanol–water partition coefficient (Wildman–Crippen LogP) is -0.0985. The van der Waals surface area contributed by atoms with Gasteiger partial charge < -0.3 is 5.43 Å². The topological polar surface area (TPSA) is 115 Å². The van der Waals surface area contributed by atoms with Gasteiger partial charge in [-0.15, -0.1) is 0 Å². The second-order valence-corrected chi connectivity index (χ2v) is 5.04. The summed E-state index contributed by atoms with van der Waals surface area (Å²) in [5, 5.41) is 3.69. The summed E-state index contributed by atoms with van der Waals surface area (Å²) in [7, 11) is -2.19. The first-order chi connectivity index (χ1) is 8.54. The molecular weight excluding hydrogens is 256 g/mol. The first-order valence-corrected chi connectivity index (χ1v) is 6.45. The van der Waals surface area contributed by atoms with Gasteiger partial charge in [0.25, 0.3) is 10.0 Å². The lowest BCUT2D eigenvalue weighted by molar-refractivity contribution is 0.597. The smallest absolute Gasteiger partial charge is 0.282 e. The summed E-state index contributed by atoms with van der Waals surface area (Å²) < 4.78 is 28.0. The van der Waals surface area contributed by atoms with Crippen LogP contribution in [0.25, 0.3) is 0 Å². The molecule has 0 aromatic carbocycles. The highest BCUT2D eigenvalue weighted by molar-refractivity contribution is 7.92. The molecule has 2 aromatic heterocycles. The van der Waals surface area contributed by atoms with Crippen LogP contribution in [0.3, 0.4) is 0 Å². The van der Waals surface area contributed by atoms with Crippen LogP contribution in [0, 0.1) is 0 Å². The van der Waals surface area contributed by atoms with Gasteiger partial charge in [-0.1, -0.05) is 0 Å². The van der Waals surface area contributed by atoms with Crippen molar-refractivity contribution < 1.29 is 8.42 Å². The maximum atomic E-state index is 12.1. The minimum Gasteiger partial charge on any atom is -0.321 e. The molecule has 0 atom stereocenters. The van der Waals surface area contributed by atoms with Crippen molar-refractivity contribution in [2.45, 2.75) is 5.03 Å². The molecule has 2 rings (SSSR count). The Morgan fingerprint density at radius 1 is 1.33 bits per heavy atom. The van der Waals surface area contributed by atoms with Gasteiger partial charge in [0.05, 0.1) is 11.9 Å². The molecule has 9 heteroatoms. The molecule has 2 heterocycles. The van der Waals surface area contributed by atoms with Crippen molar-refractivity contribution in [2.24, 2.45) is 12.9 Å². The van der Waals surface area contributed by atoms with Crippen LogP contribution in [0.15, 0.2) is 35.6 Å². The molecule has 8 nitrogen and oxygen atoms in total. The van der Waals surface area contributed by atoms with Crippen LogP contribution >= 0.6 is 0 Å². The van der Waals surface area contributed by atoms with E-state index >= 15 is 0 Å². The van der Waals surface area contributed by atoms with Crippen LogP contribution < -0.4 is 16.0 Å². The minimum absolute atomic E-state index is 0.172. The number of pyridine rings is 1. The van der Waals surface area contributed by atoms with Crippen LogP contribution in [0.1, 0.15) is 0 Å². The number of nitrogens with zero attached hydrogens (tertiary/aromatic N) is 3. The van der Waals surface area contributed by atoms with Gasteiger partial charge in [-0.2, -0.15) is 13.5 Å². The van der Waals surface area contributed by atoms with E-state index in [1.165, 1.54) is 29.2 Å². The van der Waals surface area contributed by atoms with Gasteiger partial charge in [-0.05, 0) is 12.1 Å². The summed E-state index contributed by atoms with van der Waals surface area (Å²) in [6, 6.07) is 4.64. The third-order valence-corrected chi connectivity index (χ3v) is 3.55. The molecule has 0 radical (unpaired) electrons. The fraction of sp³-hybridized carbons (Fsp3) is 0.111. The lowest BCUT2D eigenvalue weighted by atomic mass is 10.4. The van der Waals surface area contributed by atoms with Crippen molar-refractivity contribution in [1.29, 1.82) is 0 Å². The minimum atomic E-state index is -3.81. The van der Waals surface area contributed by atoms with Crippen molar-refractivity contribution in [3.05, 3.63) is 30.6 Å². The zero-order valence-electron chi connectivity index (χ0n) is 9.53. The molecule has 0 saturated heterocycles. The fourth-order valence-corrected chi connectivity index (χ4v) is 2.56. The normalized spacial score (nSPS) is 11.2. The first-order valence-electron chi connectivity index (χ1n) is 4.97. The Kier molecular flexibility index (Phi) is 3.17. The highest BCUT2D eigenvalue weighted by atomic mass is 32.2. The van der Waals surface area contributed by atoms with Crippen LogP contribution in [0.5, 0.6) is 0 Å². The maximum absolute atomic E-state index is 12.1. The monoisotopic (exact) mass is 268 g/mol. The lowest BCUT2D eigenvalue weighted by Crippen LogP contribution is -2.20. The molecule has 0 aliphatic heterocycles. The van der Waals surface area contributed by atoms with Crippen molar-refractivity contribution in [2.75, 3.05) is 10.1 Å². The van der Waals surface area contributed by atoms with E-state index in [9.17, 15) is 8.42 Å². The Balaban J connectivity index is 2.40. The van der Waals surface area contributed by atoms with E-state index in [4.69, 9.17) is 5.84 Å². The number of aryl methyl sites for hydroxylation is 1. The average Bonchev–Trinajstić information content (AvgIpc) is 2.74. The van der Waals surface area contributed by atoms with Gasteiger partial charge >= 0.3 is 0 Å². The lowest BCUT2D eigenvalue weighted by Gasteiger charge is -2.10. The zero-order valence-corrected chi connectivity index (χ0v) is 10.3. The largest absolute Gasteiger partial charge is 0.321 e. The standard InChI is InChI=1S/C9H12N6O2S/c1-15-8(4-6-12-15)14-18(16,17)9-7(13-10)3-2-5-11-9/h2-6,13-14H,10H2,1H3. The first kappa shape index (κ1) is 12.3. The van der Waals surface area contributed by atoms with Gasteiger partial charge in [0, 0.05) is 19.3 Å². The van der Waals surface area contributed by atoms with Crippen molar-refractivity contribution in [3.63, 3.8) is 0 Å². The molecule has 0 amide bonds. The van der Waals surface area contributed by atoms with Crippen molar-refractivity contribution in [3.8, 4) is 0 Å². The predicted molar refractivity (Wildman–Crippen MR) is 66.1 cm³/mol. The van der Waals surface area contributed by atoms with Crippen molar-refractivity contribution >= 4 is 21.5 Å². The van der Waals surface area contributed by atoms with Crippen LogP contribution in [0.4, 0.5) is 11.5 Å². The molecule has 2 aromatic rings. The van der Waals surface area contributed by atoms with Gasteiger partial charge in [-0.25, -0.2) is 4.98 Å². The van der Waals surface area contributed by atoms with Crippen molar-refractivity contribution in [1.82, 2.24) is 14.8 Å². The number of nitrogens with one attached hydrogen (secondary N) is 2. The molecule has 0 bridgehead atoms. The molecule has 0 spiro atoms. The van der Waals surface area contributed by atoms with E-state index in [1.54, 1.807) is 13.1 Å². The third-order valence-electron chi connectivity index (χ3n) is 2.24. The summed E-state index contributed by atoms with van der Waals surface area (Å²) >= 11 is 0. The summed E-state index contributed by atoms with van der Waals surface area (Å²) in [5.74, 6) is 5.59. The van der Waals surface area contributed by atoms with Crippen LogP contribution in [0.2, 0.25) is 0 Å². The molecule has 96 valence electrons. The molecule has 0 unspecified atom stereocenters. The zero-order chi connectivity index (χ0) is 13.2. The second kappa shape index (κ2) is 4.63.